The summed E-state index contributed by atoms with van der Waals surface area (Å²) in [6.07, 6.45) is 6.21. The van der Waals surface area contributed by atoms with Crippen LogP contribution in [0.1, 0.15) is 66.1 Å². The molecule has 2 aliphatic carbocycles. The number of benzene rings is 2. The van der Waals surface area contributed by atoms with E-state index in [0.29, 0.717) is 13.1 Å². The average Bonchev–Trinajstić information content (AvgIpc) is 3.54. The largest absolute Gasteiger partial charge is 0.329 e. The highest BCUT2D eigenvalue weighted by Gasteiger charge is 2.41. The van der Waals surface area contributed by atoms with Crippen LogP contribution in [-0.4, -0.2) is 42.7 Å². The predicted molar refractivity (Wildman–Crippen MR) is 116 cm³/mol. The minimum atomic E-state index is -3.96. The van der Waals surface area contributed by atoms with Crippen LogP contribution in [0, 0.1) is 5.82 Å². The Kier molecular flexibility index (Phi) is 5.34. The number of amides is 1. The summed E-state index contributed by atoms with van der Waals surface area (Å²) < 4.78 is 42.1. The van der Waals surface area contributed by atoms with Crippen molar-refractivity contribution in [2.24, 2.45) is 0 Å². The quantitative estimate of drug-likeness (QED) is 0.694. The second kappa shape index (κ2) is 8.02. The molecule has 1 amide bonds. The standard InChI is InChI=1S/C24H27FN2O3S/c25-21-12-8-18(16-23(21)31(29,30)26-14-4-1-5-15-26)24(28)27(19-10-11-19)22-13-9-17-6-2-3-7-20(17)22/h2-3,6-8,12,16,19,22H,1,4-5,9-11,13-15H2. The fourth-order valence-electron chi connectivity index (χ4n) is 4.97. The van der Waals surface area contributed by atoms with Crippen LogP contribution in [0.2, 0.25) is 0 Å². The Bertz CT molecular complexity index is 1110. The summed E-state index contributed by atoms with van der Waals surface area (Å²) in [7, 11) is -3.96. The number of fused-ring (bicyclic) bond motifs is 1. The van der Waals surface area contributed by atoms with Crippen LogP contribution in [0.15, 0.2) is 47.4 Å². The van der Waals surface area contributed by atoms with Crippen LogP contribution in [-0.2, 0) is 16.4 Å². The third kappa shape index (κ3) is 3.78. The highest BCUT2D eigenvalue weighted by atomic mass is 32.2. The van der Waals surface area contributed by atoms with Gasteiger partial charge in [-0.1, -0.05) is 30.7 Å². The molecule has 1 saturated heterocycles. The molecule has 2 aromatic carbocycles. The lowest BCUT2D eigenvalue weighted by molar-refractivity contribution is 0.0658. The number of rotatable bonds is 5. The van der Waals surface area contributed by atoms with Gasteiger partial charge in [0.15, 0.2) is 0 Å². The molecule has 5 rings (SSSR count). The highest BCUT2D eigenvalue weighted by Crippen LogP contribution is 2.42. The summed E-state index contributed by atoms with van der Waals surface area (Å²) in [5, 5.41) is 0. The average molecular weight is 443 g/mol. The Balaban J connectivity index is 1.48. The maximum absolute atomic E-state index is 14.6. The maximum Gasteiger partial charge on any atom is 0.254 e. The van der Waals surface area contributed by atoms with Gasteiger partial charge in [0.25, 0.3) is 5.91 Å². The van der Waals surface area contributed by atoms with E-state index in [9.17, 15) is 17.6 Å². The zero-order valence-electron chi connectivity index (χ0n) is 17.5. The molecule has 31 heavy (non-hydrogen) atoms. The number of hydrogen-bond donors (Lipinski definition) is 0. The molecule has 1 aliphatic heterocycles. The Morgan fingerprint density at radius 2 is 1.74 bits per heavy atom. The van der Waals surface area contributed by atoms with Crippen molar-refractivity contribution < 1.29 is 17.6 Å². The van der Waals surface area contributed by atoms with E-state index in [2.05, 4.69) is 12.1 Å². The fraction of sp³-hybridized carbons (Fsp3) is 0.458. The van der Waals surface area contributed by atoms with Gasteiger partial charge in [-0.3, -0.25) is 4.79 Å². The Labute approximate surface area is 182 Å². The van der Waals surface area contributed by atoms with Crippen LogP contribution < -0.4 is 0 Å². The highest BCUT2D eigenvalue weighted by molar-refractivity contribution is 7.89. The van der Waals surface area contributed by atoms with E-state index in [1.165, 1.54) is 27.6 Å². The lowest BCUT2D eigenvalue weighted by Crippen LogP contribution is -2.37. The lowest BCUT2D eigenvalue weighted by Gasteiger charge is -2.30. The SMILES string of the molecule is O=C(c1ccc(F)c(S(=O)(=O)N2CCCCC2)c1)N(C1CC1)C1CCc2ccccc21. The van der Waals surface area contributed by atoms with Crippen LogP contribution in [0.4, 0.5) is 4.39 Å². The molecular weight excluding hydrogens is 415 g/mol. The van der Waals surface area contributed by atoms with E-state index in [1.807, 2.05) is 17.0 Å². The van der Waals surface area contributed by atoms with Crippen LogP contribution in [0.25, 0.3) is 0 Å². The molecule has 7 heteroatoms. The van der Waals surface area contributed by atoms with E-state index in [1.54, 1.807) is 0 Å². The van der Waals surface area contributed by atoms with Gasteiger partial charge in [-0.15, -0.1) is 0 Å². The van der Waals surface area contributed by atoms with Gasteiger partial charge in [0.1, 0.15) is 10.7 Å². The summed E-state index contributed by atoms with van der Waals surface area (Å²) in [6.45, 7) is 0.792. The van der Waals surface area contributed by atoms with Gasteiger partial charge in [-0.05, 0) is 67.9 Å². The van der Waals surface area contributed by atoms with Gasteiger partial charge in [0, 0.05) is 24.7 Å². The fourth-order valence-corrected chi connectivity index (χ4v) is 6.57. The predicted octanol–water partition coefficient (Wildman–Crippen LogP) is 4.29. The van der Waals surface area contributed by atoms with Crippen LogP contribution >= 0.6 is 0 Å². The molecule has 1 atom stereocenters. The number of carbonyl (C=O) groups is 1. The van der Waals surface area contributed by atoms with Crippen molar-refractivity contribution in [3.63, 3.8) is 0 Å². The molecule has 1 saturated carbocycles. The molecular formula is C24H27FN2O3S. The van der Waals surface area contributed by atoms with Gasteiger partial charge in [0.2, 0.25) is 10.0 Å². The first kappa shape index (κ1) is 20.6. The van der Waals surface area contributed by atoms with E-state index in [4.69, 9.17) is 0 Å². The molecule has 0 spiro atoms. The second-order valence-electron chi connectivity index (χ2n) is 8.81. The minimum Gasteiger partial charge on any atom is -0.329 e. The molecule has 0 radical (unpaired) electrons. The van der Waals surface area contributed by atoms with Gasteiger partial charge < -0.3 is 4.90 Å². The summed E-state index contributed by atoms with van der Waals surface area (Å²) in [4.78, 5) is 15.1. The monoisotopic (exact) mass is 442 g/mol. The van der Waals surface area contributed by atoms with Crippen LogP contribution in [0.3, 0.4) is 0 Å². The van der Waals surface area contributed by atoms with Crippen molar-refractivity contribution in [3.05, 3.63) is 65.0 Å². The smallest absolute Gasteiger partial charge is 0.254 e. The van der Waals surface area contributed by atoms with Gasteiger partial charge in [-0.2, -0.15) is 4.31 Å². The Morgan fingerprint density at radius 1 is 1.00 bits per heavy atom. The molecule has 5 nitrogen and oxygen atoms in total. The van der Waals surface area contributed by atoms with Gasteiger partial charge >= 0.3 is 0 Å². The molecule has 3 aliphatic rings. The number of sulfonamides is 1. The summed E-state index contributed by atoms with van der Waals surface area (Å²) in [5.74, 6) is -1.01. The number of halogens is 1. The van der Waals surface area contributed by atoms with Crippen molar-refractivity contribution in [1.82, 2.24) is 9.21 Å². The normalized spacial score (nSPS) is 21.6. The Morgan fingerprint density at radius 3 is 2.48 bits per heavy atom. The van der Waals surface area contributed by atoms with Crippen molar-refractivity contribution in [2.45, 2.75) is 61.9 Å². The Hall–Kier alpha value is -2.25. The topological polar surface area (TPSA) is 57.7 Å². The number of nitrogens with zero attached hydrogens (tertiary/aromatic N) is 2. The van der Waals surface area contributed by atoms with E-state index < -0.39 is 15.8 Å². The van der Waals surface area contributed by atoms with Gasteiger partial charge in [0.05, 0.1) is 6.04 Å². The minimum absolute atomic E-state index is 0.0107. The van der Waals surface area contributed by atoms with Crippen LogP contribution in [0.5, 0.6) is 0 Å². The van der Waals surface area contributed by atoms with Crippen molar-refractivity contribution in [2.75, 3.05) is 13.1 Å². The van der Waals surface area contributed by atoms with E-state index >= 15 is 0 Å². The molecule has 0 aromatic heterocycles. The van der Waals surface area contributed by atoms with Crippen molar-refractivity contribution in [3.8, 4) is 0 Å². The molecule has 0 bridgehead atoms. The summed E-state index contributed by atoms with van der Waals surface area (Å²) in [6, 6.07) is 12.1. The zero-order valence-corrected chi connectivity index (χ0v) is 18.3. The first-order valence-corrected chi connectivity index (χ1v) is 12.6. The first-order valence-electron chi connectivity index (χ1n) is 11.2. The zero-order chi connectivity index (χ0) is 21.6. The van der Waals surface area contributed by atoms with E-state index in [-0.39, 0.29) is 28.4 Å². The molecule has 0 N–H and O–H groups in total. The number of aryl methyl sites for hydroxylation is 1. The second-order valence-corrected chi connectivity index (χ2v) is 10.7. The number of hydrogen-bond acceptors (Lipinski definition) is 3. The maximum atomic E-state index is 14.6. The van der Waals surface area contributed by atoms with Crippen molar-refractivity contribution in [1.29, 1.82) is 0 Å². The third-order valence-electron chi connectivity index (χ3n) is 6.72. The number of piperidine rings is 1. The third-order valence-corrected chi connectivity index (χ3v) is 8.64. The number of carbonyl (C=O) groups excluding carboxylic acids is 1. The molecule has 1 heterocycles. The van der Waals surface area contributed by atoms with Crippen molar-refractivity contribution >= 4 is 15.9 Å². The molecule has 1 unspecified atom stereocenters. The molecule has 2 fully saturated rings. The summed E-state index contributed by atoms with van der Waals surface area (Å²) in [5.41, 5.74) is 2.68. The summed E-state index contributed by atoms with van der Waals surface area (Å²) >= 11 is 0. The molecule has 2 aromatic rings. The first-order chi connectivity index (χ1) is 15.0. The lowest BCUT2D eigenvalue weighted by atomic mass is 10.1. The van der Waals surface area contributed by atoms with E-state index in [0.717, 1.165) is 51.0 Å². The van der Waals surface area contributed by atoms with Gasteiger partial charge in [-0.25, -0.2) is 12.8 Å². The molecule has 164 valence electrons.